The van der Waals surface area contributed by atoms with Crippen molar-refractivity contribution >= 4 is 17.4 Å². The van der Waals surface area contributed by atoms with Gasteiger partial charge in [0, 0.05) is 58.6 Å². The number of likely N-dealkylation sites (N-methyl/N-ethyl adjacent to an activating group) is 1. The van der Waals surface area contributed by atoms with Crippen LogP contribution >= 0.6 is 0 Å². The van der Waals surface area contributed by atoms with Gasteiger partial charge in [0.25, 0.3) is 5.91 Å². The van der Waals surface area contributed by atoms with E-state index in [1.165, 1.54) is 0 Å². The molecule has 142 valence electrons. The summed E-state index contributed by atoms with van der Waals surface area (Å²) in [5.74, 6) is 0.986. The van der Waals surface area contributed by atoms with E-state index in [2.05, 4.69) is 31.7 Å². The Morgan fingerprint density at radius 1 is 0.852 bits per heavy atom. The first-order valence-electron chi connectivity index (χ1n) is 9.55. The van der Waals surface area contributed by atoms with Crippen molar-refractivity contribution in [1.29, 1.82) is 0 Å². The molecule has 7 heteroatoms. The van der Waals surface area contributed by atoms with Crippen LogP contribution in [0.2, 0.25) is 0 Å². The summed E-state index contributed by atoms with van der Waals surface area (Å²) in [6.07, 6.45) is 3.64. The number of hydrogen-bond donors (Lipinski definition) is 0. The summed E-state index contributed by atoms with van der Waals surface area (Å²) in [7, 11) is 2.14. The molecule has 4 heterocycles. The molecule has 0 unspecified atom stereocenters. The Kier molecular flexibility index (Phi) is 5.20. The highest BCUT2D eigenvalue weighted by atomic mass is 16.2. The molecule has 0 aromatic carbocycles. The number of pyridine rings is 2. The van der Waals surface area contributed by atoms with Crippen LogP contribution in [0.5, 0.6) is 0 Å². The van der Waals surface area contributed by atoms with Crippen LogP contribution in [0.3, 0.4) is 0 Å². The Labute approximate surface area is 160 Å². The van der Waals surface area contributed by atoms with E-state index in [1.54, 1.807) is 6.20 Å². The minimum atomic E-state index is 0.0144. The van der Waals surface area contributed by atoms with Crippen molar-refractivity contribution in [3.63, 3.8) is 0 Å². The smallest absolute Gasteiger partial charge is 0.272 e. The Hall–Kier alpha value is -2.67. The molecule has 0 bridgehead atoms. The monoisotopic (exact) mass is 366 g/mol. The van der Waals surface area contributed by atoms with E-state index in [-0.39, 0.29) is 5.91 Å². The molecule has 0 N–H and O–H groups in total. The Morgan fingerprint density at radius 3 is 2.22 bits per heavy atom. The zero-order valence-electron chi connectivity index (χ0n) is 15.8. The van der Waals surface area contributed by atoms with E-state index in [0.717, 1.165) is 50.8 Å². The molecule has 2 aromatic rings. The number of carbonyl (C=O) groups is 1. The number of carbonyl (C=O) groups excluding carboxylic acids is 1. The van der Waals surface area contributed by atoms with Gasteiger partial charge in [0.15, 0.2) is 0 Å². The lowest BCUT2D eigenvalue weighted by molar-refractivity contribution is 0.0740. The molecule has 0 saturated carbocycles. The lowest BCUT2D eigenvalue weighted by Crippen LogP contribution is -2.49. The number of rotatable bonds is 3. The van der Waals surface area contributed by atoms with E-state index in [1.807, 2.05) is 41.4 Å². The minimum Gasteiger partial charge on any atom is -0.368 e. The summed E-state index contributed by atoms with van der Waals surface area (Å²) in [6, 6.07) is 9.80. The second-order valence-electron chi connectivity index (χ2n) is 7.16. The molecule has 4 rings (SSSR count). The molecule has 27 heavy (non-hydrogen) atoms. The number of anilines is 2. The number of piperazine rings is 2. The van der Waals surface area contributed by atoms with Gasteiger partial charge >= 0.3 is 0 Å². The fourth-order valence-corrected chi connectivity index (χ4v) is 3.61. The normalized spacial score (nSPS) is 18.6. The van der Waals surface area contributed by atoms with Gasteiger partial charge in [-0.25, -0.2) is 9.97 Å². The van der Waals surface area contributed by atoms with Crippen LogP contribution in [-0.2, 0) is 0 Å². The Bertz CT molecular complexity index is 750. The van der Waals surface area contributed by atoms with Crippen molar-refractivity contribution in [1.82, 2.24) is 19.8 Å². The van der Waals surface area contributed by atoms with E-state index in [9.17, 15) is 4.79 Å². The van der Waals surface area contributed by atoms with Gasteiger partial charge in [-0.2, -0.15) is 0 Å². The zero-order chi connectivity index (χ0) is 18.6. The molecular formula is C20H26N6O. The van der Waals surface area contributed by atoms with Crippen LogP contribution in [0.1, 0.15) is 10.5 Å². The predicted octanol–water partition coefficient (Wildman–Crippen LogP) is 1.19. The van der Waals surface area contributed by atoms with Gasteiger partial charge in [0.05, 0.1) is 11.9 Å². The van der Waals surface area contributed by atoms with Crippen LogP contribution < -0.4 is 9.80 Å². The molecular weight excluding hydrogens is 340 g/mol. The lowest BCUT2D eigenvalue weighted by atomic mass is 10.2. The first-order valence-corrected chi connectivity index (χ1v) is 9.55. The lowest BCUT2D eigenvalue weighted by Gasteiger charge is -2.35. The van der Waals surface area contributed by atoms with E-state index in [0.29, 0.717) is 18.8 Å². The van der Waals surface area contributed by atoms with E-state index in [4.69, 9.17) is 0 Å². The molecule has 0 spiro atoms. The Morgan fingerprint density at radius 2 is 1.59 bits per heavy atom. The molecule has 0 radical (unpaired) electrons. The van der Waals surface area contributed by atoms with Crippen LogP contribution in [0, 0.1) is 0 Å². The van der Waals surface area contributed by atoms with Crippen LogP contribution in [0.25, 0.3) is 0 Å². The largest absolute Gasteiger partial charge is 0.368 e. The van der Waals surface area contributed by atoms with E-state index < -0.39 is 0 Å². The second kappa shape index (κ2) is 7.92. The average Bonchev–Trinajstić information content (AvgIpc) is 2.75. The summed E-state index contributed by atoms with van der Waals surface area (Å²) >= 11 is 0. The fraction of sp³-hybridized carbons (Fsp3) is 0.450. The molecule has 2 aliphatic rings. The maximum absolute atomic E-state index is 12.8. The number of hydrogen-bond acceptors (Lipinski definition) is 6. The Balaban J connectivity index is 1.35. The predicted molar refractivity (Wildman–Crippen MR) is 106 cm³/mol. The molecule has 2 fully saturated rings. The van der Waals surface area contributed by atoms with Crippen molar-refractivity contribution in [3.05, 3.63) is 48.4 Å². The summed E-state index contributed by atoms with van der Waals surface area (Å²) < 4.78 is 0. The molecule has 2 aromatic heterocycles. The maximum atomic E-state index is 12.8. The number of aromatic nitrogens is 2. The van der Waals surface area contributed by atoms with Crippen molar-refractivity contribution in [3.8, 4) is 0 Å². The number of amides is 1. The van der Waals surface area contributed by atoms with Gasteiger partial charge in [-0.15, -0.1) is 0 Å². The fourth-order valence-electron chi connectivity index (χ4n) is 3.61. The minimum absolute atomic E-state index is 0.0144. The average molecular weight is 366 g/mol. The number of nitrogens with zero attached hydrogens (tertiary/aromatic N) is 6. The van der Waals surface area contributed by atoms with Crippen molar-refractivity contribution in [2.24, 2.45) is 0 Å². The first-order chi connectivity index (χ1) is 13.2. The molecule has 1 amide bonds. The van der Waals surface area contributed by atoms with E-state index >= 15 is 0 Å². The SMILES string of the molecule is CN1CCN(c2ccc(C(=O)N3CCN(c4ccccn4)CC3)nc2)CC1. The highest BCUT2D eigenvalue weighted by Crippen LogP contribution is 2.17. The first kappa shape index (κ1) is 17.7. The zero-order valence-corrected chi connectivity index (χ0v) is 15.8. The topological polar surface area (TPSA) is 55.8 Å². The summed E-state index contributed by atoms with van der Waals surface area (Å²) in [5.41, 5.74) is 1.62. The van der Waals surface area contributed by atoms with Crippen LogP contribution in [-0.4, -0.2) is 85.1 Å². The molecule has 7 nitrogen and oxygen atoms in total. The van der Waals surface area contributed by atoms with Crippen LogP contribution in [0.15, 0.2) is 42.7 Å². The van der Waals surface area contributed by atoms with Gasteiger partial charge in [0.2, 0.25) is 0 Å². The molecule has 2 saturated heterocycles. The highest BCUT2D eigenvalue weighted by molar-refractivity contribution is 5.92. The third-order valence-electron chi connectivity index (χ3n) is 5.38. The summed E-state index contributed by atoms with van der Waals surface area (Å²) in [5, 5.41) is 0. The van der Waals surface area contributed by atoms with Gasteiger partial charge in [-0.1, -0.05) is 6.07 Å². The summed E-state index contributed by atoms with van der Waals surface area (Å²) in [6.45, 7) is 7.09. The highest BCUT2D eigenvalue weighted by Gasteiger charge is 2.24. The molecule has 0 aliphatic carbocycles. The third kappa shape index (κ3) is 4.03. The molecule has 0 atom stereocenters. The van der Waals surface area contributed by atoms with Gasteiger partial charge in [0.1, 0.15) is 11.5 Å². The quantitative estimate of drug-likeness (QED) is 0.813. The van der Waals surface area contributed by atoms with Gasteiger partial charge in [-0.05, 0) is 31.3 Å². The van der Waals surface area contributed by atoms with Crippen molar-refractivity contribution in [2.45, 2.75) is 0 Å². The summed E-state index contributed by atoms with van der Waals surface area (Å²) in [4.78, 5) is 30.4. The van der Waals surface area contributed by atoms with Gasteiger partial charge < -0.3 is 19.6 Å². The third-order valence-corrected chi connectivity index (χ3v) is 5.38. The van der Waals surface area contributed by atoms with Gasteiger partial charge in [-0.3, -0.25) is 4.79 Å². The molecule has 2 aliphatic heterocycles. The van der Waals surface area contributed by atoms with Crippen molar-refractivity contribution in [2.75, 3.05) is 69.2 Å². The van der Waals surface area contributed by atoms with Crippen LogP contribution in [0.4, 0.5) is 11.5 Å². The standard InChI is InChI=1S/C20H26N6O/c1-23-8-10-24(11-9-23)17-5-6-18(22-16-17)20(27)26-14-12-25(13-15-26)19-4-2-3-7-21-19/h2-7,16H,8-15H2,1H3. The maximum Gasteiger partial charge on any atom is 0.272 e. The van der Waals surface area contributed by atoms with Crippen molar-refractivity contribution < 1.29 is 4.79 Å². The second-order valence-corrected chi connectivity index (χ2v) is 7.16.